The summed E-state index contributed by atoms with van der Waals surface area (Å²) in [5.41, 5.74) is 1.12. The summed E-state index contributed by atoms with van der Waals surface area (Å²) in [6, 6.07) is 5.80. The van der Waals surface area contributed by atoms with Crippen LogP contribution in [0.2, 0.25) is 0 Å². The summed E-state index contributed by atoms with van der Waals surface area (Å²) in [6.07, 6.45) is 5.35. The normalized spacial score (nSPS) is 10.6. The second-order valence-corrected chi connectivity index (χ2v) is 4.71. The largest absolute Gasteiger partial charge is 0.366 e. The highest BCUT2D eigenvalue weighted by atomic mass is 15.2. The average Bonchev–Trinajstić information content (AvgIpc) is 2.46. The van der Waals surface area contributed by atoms with Crippen LogP contribution < -0.4 is 10.6 Å². The Bertz CT molecular complexity index is 514. The lowest BCUT2D eigenvalue weighted by atomic mass is 10.3. The van der Waals surface area contributed by atoms with Crippen LogP contribution in [0.5, 0.6) is 0 Å². The maximum atomic E-state index is 4.41. The molecule has 0 spiro atoms. The Hall–Kier alpha value is -2.21. The summed E-state index contributed by atoms with van der Waals surface area (Å²) in [6.45, 7) is 2.46. The molecule has 2 heterocycles. The summed E-state index contributed by atoms with van der Waals surface area (Å²) < 4.78 is 0. The third-order valence-electron chi connectivity index (χ3n) is 2.69. The predicted octanol–water partition coefficient (Wildman–Crippen LogP) is 1.46. The fourth-order valence-corrected chi connectivity index (χ4v) is 1.63. The molecule has 0 aliphatic rings. The van der Waals surface area contributed by atoms with E-state index in [2.05, 4.69) is 30.5 Å². The highest BCUT2D eigenvalue weighted by molar-refractivity contribution is 5.40. The zero-order chi connectivity index (χ0) is 14.2. The molecule has 0 unspecified atom stereocenters. The summed E-state index contributed by atoms with van der Waals surface area (Å²) >= 11 is 0. The van der Waals surface area contributed by atoms with E-state index in [1.807, 2.05) is 38.5 Å². The molecule has 0 aliphatic heterocycles. The summed E-state index contributed by atoms with van der Waals surface area (Å²) in [4.78, 5) is 14.8. The topological polar surface area (TPSA) is 66.0 Å². The fourth-order valence-electron chi connectivity index (χ4n) is 1.63. The number of anilines is 2. The van der Waals surface area contributed by atoms with Crippen LogP contribution in [-0.4, -0.2) is 47.0 Å². The number of nitrogens with zero attached hydrogens (tertiary/aromatic N) is 4. The van der Waals surface area contributed by atoms with Gasteiger partial charge in [0, 0.05) is 38.2 Å². The quantitative estimate of drug-likeness (QED) is 0.795. The number of nitrogens with one attached hydrogen (secondary N) is 2. The Kier molecular flexibility index (Phi) is 5.25. The lowest BCUT2D eigenvalue weighted by Gasteiger charge is -2.11. The van der Waals surface area contributed by atoms with E-state index in [1.165, 1.54) is 0 Å². The average molecular weight is 272 g/mol. The second-order valence-electron chi connectivity index (χ2n) is 4.71. The van der Waals surface area contributed by atoms with E-state index < -0.39 is 0 Å². The van der Waals surface area contributed by atoms with Crippen LogP contribution >= 0.6 is 0 Å². The van der Waals surface area contributed by atoms with Gasteiger partial charge in [0.05, 0.1) is 0 Å². The van der Waals surface area contributed by atoms with E-state index in [0.717, 1.165) is 24.5 Å². The van der Waals surface area contributed by atoms with Gasteiger partial charge < -0.3 is 15.5 Å². The molecule has 106 valence electrons. The molecule has 0 amide bonds. The van der Waals surface area contributed by atoms with E-state index in [9.17, 15) is 0 Å². The maximum absolute atomic E-state index is 4.41. The first-order chi connectivity index (χ1) is 9.74. The molecule has 2 N–H and O–H groups in total. The van der Waals surface area contributed by atoms with Crippen LogP contribution in [0, 0.1) is 0 Å². The molecule has 0 saturated heterocycles. The van der Waals surface area contributed by atoms with Gasteiger partial charge in [0.25, 0.3) is 0 Å². The van der Waals surface area contributed by atoms with Crippen molar-refractivity contribution in [2.24, 2.45) is 0 Å². The first kappa shape index (κ1) is 14.2. The number of hydrogen-bond donors (Lipinski definition) is 2. The Morgan fingerprint density at radius 2 is 2.05 bits per heavy atom. The van der Waals surface area contributed by atoms with E-state index in [-0.39, 0.29) is 0 Å². The van der Waals surface area contributed by atoms with Gasteiger partial charge in [0.15, 0.2) is 0 Å². The van der Waals surface area contributed by atoms with Crippen molar-refractivity contribution in [3.63, 3.8) is 0 Å². The molecule has 6 nitrogen and oxygen atoms in total. The number of rotatable bonds is 7. The van der Waals surface area contributed by atoms with Crippen LogP contribution in [0.15, 0.2) is 36.8 Å². The van der Waals surface area contributed by atoms with Gasteiger partial charge in [-0.25, -0.2) is 4.98 Å². The third-order valence-corrected chi connectivity index (χ3v) is 2.69. The second kappa shape index (κ2) is 7.40. The number of hydrogen-bond acceptors (Lipinski definition) is 6. The molecular formula is C14H20N6. The van der Waals surface area contributed by atoms with Gasteiger partial charge in [-0.2, -0.15) is 4.98 Å². The predicted molar refractivity (Wildman–Crippen MR) is 80.6 cm³/mol. The third kappa shape index (κ3) is 4.81. The molecule has 0 fully saturated rings. The fraction of sp³-hybridized carbons (Fsp3) is 0.357. The van der Waals surface area contributed by atoms with Crippen molar-refractivity contribution in [2.75, 3.05) is 37.8 Å². The Morgan fingerprint density at radius 3 is 2.80 bits per heavy atom. The van der Waals surface area contributed by atoms with Crippen LogP contribution in [0.25, 0.3) is 0 Å². The smallest absolute Gasteiger partial charge is 0.224 e. The molecule has 2 aromatic rings. The molecule has 2 rings (SSSR count). The first-order valence-electron chi connectivity index (χ1n) is 6.58. The van der Waals surface area contributed by atoms with Crippen LogP contribution in [0.3, 0.4) is 0 Å². The van der Waals surface area contributed by atoms with Gasteiger partial charge in [-0.05, 0) is 31.8 Å². The van der Waals surface area contributed by atoms with Crippen LogP contribution in [0.1, 0.15) is 5.56 Å². The minimum absolute atomic E-state index is 0.642. The van der Waals surface area contributed by atoms with E-state index in [1.54, 1.807) is 12.4 Å². The molecule has 0 aromatic carbocycles. The number of pyridine rings is 1. The maximum Gasteiger partial charge on any atom is 0.224 e. The lowest BCUT2D eigenvalue weighted by Crippen LogP contribution is -2.21. The van der Waals surface area contributed by atoms with Crippen molar-refractivity contribution in [3.8, 4) is 0 Å². The standard InChI is InChI=1S/C14H20N6/c1-20(2)9-8-17-14-16-7-5-13(19-14)18-11-12-4-3-6-15-10-12/h3-7,10H,8-9,11H2,1-2H3,(H2,16,17,18,19). The van der Waals surface area contributed by atoms with Gasteiger partial charge in [-0.15, -0.1) is 0 Å². The molecule has 0 aliphatic carbocycles. The number of aromatic nitrogens is 3. The van der Waals surface area contributed by atoms with E-state index in [0.29, 0.717) is 12.5 Å². The zero-order valence-electron chi connectivity index (χ0n) is 11.9. The molecule has 0 radical (unpaired) electrons. The van der Waals surface area contributed by atoms with E-state index >= 15 is 0 Å². The molecule has 0 saturated carbocycles. The van der Waals surface area contributed by atoms with Gasteiger partial charge in [-0.3, -0.25) is 4.98 Å². The first-order valence-corrected chi connectivity index (χ1v) is 6.58. The van der Waals surface area contributed by atoms with E-state index in [4.69, 9.17) is 0 Å². The Balaban J connectivity index is 1.86. The van der Waals surface area contributed by atoms with Crippen molar-refractivity contribution >= 4 is 11.8 Å². The van der Waals surface area contributed by atoms with Crippen LogP contribution in [-0.2, 0) is 6.54 Å². The summed E-state index contributed by atoms with van der Waals surface area (Å²) in [5, 5.41) is 6.46. The van der Waals surface area contributed by atoms with Crippen molar-refractivity contribution in [2.45, 2.75) is 6.54 Å². The lowest BCUT2D eigenvalue weighted by molar-refractivity contribution is 0.425. The SMILES string of the molecule is CN(C)CCNc1nccc(NCc2cccnc2)n1. The highest BCUT2D eigenvalue weighted by Gasteiger charge is 1.99. The molecule has 2 aromatic heterocycles. The van der Waals surface area contributed by atoms with Crippen molar-refractivity contribution < 1.29 is 0 Å². The van der Waals surface area contributed by atoms with Gasteiger partial charge >= 0.3 is 0 Å². The molecular weight excluding hydrogens is 252 g/mol. The molecule has 0 bridgehead atoms. The van der Waals surface area contributed by atoms with Crippen molar-refractivity contribution in [1.29, 1.82) is 0 Å². The van der Waals surface area contributed by atoms with Crippen molar-refractivity contribution in [1.82, 2.24) is 19.9 Å². The Labute approximate surface area is 119 Å². The molecule has 20 heavy (non-hydrogen) atoms. The van der Waals surface area contributed by atoms with Gasteiger partial charge in [0.1, 0.15) is 5.82 Å². The minimum atomic E-state index is 0.642. The van der Waals surface area contributed by atoms with Crippen molar-refractivity contribution in [3.05, 3.63) is 42.4 Å². The van der Waals surface area contributed by atoms with Gasteiger partial charge in [0.2, 0.25) is 5.95 Å². The van der Waals surface area contributed by atoms with Crippen LogP contribution in [0.4, 0.5) is 11.8 Å². The molecule has 6 heteroatoms. The Morgan fingerprint density at radius 1 is 1.15 bits per heavy atom. The molecule has 0 atom stereocenters. The summed E-state index contributed by atoms with van der Waals surface area (Å²) in [7, 11) is 4.07. The highest BCUT2D eigenvalue weighted by Crippen LogP contribution is 2.07. The number of likely N-dealkylation sites (N-methyl/N-ethyl adjacent to an activating group) is 1. The van der Waals surface area contributed by atoms with Gasteiger partial charge in [-0.1, -0.05) is 6.07 Å². The monoisotopic (exact) mass is 272 g/mol. The minimum Gasteiger partial charge on any atom is -0.366 e. The summed E-state index contributed by atoms with van der Waals surface area (Å²) in [5.74, 6) is 1.44. The zero-order valence-corrected chi connectivity index (χ0v) is 11.9.